The number of halogens is 4. The number of aromatic nitrogens is 3. The Labute approximate surface area is 173 Å². The van der Waals surface area contributed by atoms with E-state index in [0.717, 1.165) is 28.8 Å². The third-order valence-corrected chi connectivity index (χ3v) is 4.71. The Morgan fingerprint density at radius 1 is 1.03 bits per heavy atom. The standard InChI is InChI=1S/C21H15F4N5O/c1-30-18-13(17(26)28-20(29-18)27-11-6-3-2-4-7-11)10-12(19(30)31)16-14(21(23,24)25)8-5-9-15(16)22/h2-10H,1H3,(H3,26,27,28,29). The summed E-state index contributed by atoms with van der Waals surface area (Å²) in [7, 11) is 1.32. The molecule has 0 aliphatic carbocycles. The molecule has 0 unspecified atom stereocenters. The van der Waals surface area contributed by atoms with E-state index in [1.807, 2.05) is 6.07 Å². The van der Waals surface area contributed by atoms with Crippen molar-refractivity contribution in [2.75, 3.05) is 11.1 Å². The molecule has 2 aromatic heterocycles. The predicted molar refractivity (Wildman–Crippen MR) is 109 cm³/mol. The van der Waals surface area contributed by atoms with E-state index in [1.165, 1.54) is 7.05 Å². The molecule has 31 heavy (non-hydrogen) atoms. The first-order valence-electron chi connectivity index (χ1n) is 9.02. The molecule has 0 aliphatic heterocycles. The number of para-hydroxylation sites is 1. The zero-order valence-corrected chi connectivity index (χ0v) is 16.0. The molecule has 0 radical (unpaired) electrons. The van der Waals surface area contributed by atoms with Crippen LogP contribution >= 0.6 is 0 Å². The first-order chi connectivity index (χ1) is 14.7. The van der Waals surface area contributed by atoms with Crippen LogP contribution < -0.4 is 16.6 Å². The number of nitrogens with one attached hydrogen (secondary N) is 1. The van der Waals surface area contributed by atoms with Crippen LogP contribution in [0.25, 0.3) is 22.2 Å². The van der Waals surface area contributed by atoms with Gasteiger partial charge in [0.2, 0.25) is 5.95 Å². The minimum absolute atomic E-state index is 0.0785. The molecule has 3 N–H and O–H groups in total. The number of alkyl halides is 3. The molecule has 0 spiro atoms. The zero-order chi connectivity index (χ0) is 22.3. The fourth-order valence-corrected chi connectivity index (χ4v) is 3.27. The smallest absolute Gasteiger partial charge is 0.383 e. The van der Waals surface area contributed by atoms with Crippen LogP contribution in [0, 0.1) is 5.82 Å². The summed E-state index contributed by atoms with van der Waals surface area (Å²) in [4.78, 5) is 21.3. The molecule has 4 aromatic rings. The second kappa shape index (κ2) is 7.38. The summed E-state index contributed by atoms with van der Waals surface area (Å²) in [6.45, 7) is 0. The number of pyridine rings is 1. The number of nitrogen functional groups attached to an aromatic ring is 1. The van der Waals surface area contributed by atoms with Crippen molar-refractivity contribution >= 4 is 28.5 Å². The Hall–Kier alpha value is -3.95. The molecule has 2 aromatic carbocycles. The van der Waals surface area contributed by atoms with E-state index in [2.05, 4.69) is 15.3 Å². The first-order valence-corrected chi connectivity index (χ1v) is 9.02. The second-order valence-corrected chi connectivity index (χ2v) is 6.74. The van der Waals surface area contributed by atoms with Crippen molar-refractivity contribution in [3.8, 4) is 11.1 Å². The molecule has 0 bridgehead atoms. The molecule has 0 aliphatic rings. The third-order valence-electron chi connectivity index (χ3n) is 4.71. The number of hydrogen-bond acceptors (Lipinski definition) is 5. The highest BCUT2D eigenvalue weighted by molar-refractivity contribution is 5.91. The van der Waals surface area contributed by atoms with Gasteiger partial charge in [0, 0.05) is 18.3 Å². The molecule has 2 heterocycles. The number of benzene rings is 2. The Balaban J connectivity index is 1.94. The van der Waals surface area contributed by atoms with Crippen LogP contribution in [0.3, 0.4) is 0 Å². The third kappa shape index (κ3) is 3.67. The Morgan fingerprint density at radius 2 is 1.74 bits per heavy atom. The topological polar surface area (TPSA) is 85.8 Å². The van der Waals surface area contributed by atoms with Gasteiger partial charge >= 0.3 is 6.18 Å². The molecular weight excluding hydrogens is 414 g/mol. The number of nitrogens with zero attached hydrogens (tertiary/aromatic N) is 3. The summed E-state index contributed by atoms with van der Waals surface area (Å²) in [5.74, 6) is -1.15. The molecule has 0 saturated heterocycles. The largest absolute Gasteiger partial charge is 0.417 e. The number of anilines is 3. The van der Waals surface area contributed by atoms with Crippen molar-refractivity contribution in [1.82, 2.24) is 14.5 Å². The maximum atomic E-state index is 14.5. The van der Waals surface area contributed by atoms with E-state index < -0.39 is 34.2 Å². The Morgan fingerprint density at radius 3 is 2.42 bits per heavy atom. The molecular formula is C21H15F4N5O. The number of hydrogen-bond donors (Lipinski definition) is 2. The maximum Gasteiger partial charge on any atom is 0.417 e. The summed E-state index contributed by atoms with van der Waals surface area (Å²) in [6, 6.07) is 12.5. The van der Waals surface area contributed by atoms with Crippen LogP contribution in [0.5, 0.6) is 0 Å². The maximum absolute atomic E-state index is 14.5. The van der Waals surface area contributed by atoms with Crippen LogP contribution in [-0.4, -0.2) is 14.5 Å². The van der Waals surface area contributed by atoms with E-state index in [0.29, 0.717) is 5.69 Å². The summed E-state index contributed by atoms with van der Waals surface area (Å²) in [5.41, 5.74) is 3.33. The van der Waals surface area contributed by atoms with Crippen molar-refractivity contribution in [1.29, 1.82) is 0 Å². The van der Waals surface area contributed by atoms with Crippen LogP contribution in [0.1, 0.15) is 5.56 Å². The van der Waals surface area contributed by atoms with Crippen molar-refractivity contribution in [3.63, 3.8) is 0 Å². The summed E-state index contributed by atoms with van der Waals surface area (Å²) < 4.78 is 55.9. The van der Waals surface area contributed by atoms with Gasteiger partial charge in [-0.1, -0.05) is 24.3 Å². The lowest BCUT2D eigenvalue weighted by molar-refractivity contribution is -0.137. The molecule has 10 heteroatoms. The highest BCUT2D eigenvalue weighted by Gasteiger charge is 2.36. The van der Waals surface area contributed by atoms with E-state index in [9.17, 15) is 22.4 Å². The molecule has 6 nitrogen and oxygen atoms in total. The average molecular weight is 429 g/mol. The molecule has 0 saturated carbocycles. The zero-order valence-electron chi connectivity index (χ0n) is 16.0. The van der Waals surface area contributed by atoms with Gasteiger partial charge in [-0.3, -0.25) is 9.36 Å². The summed E-state index contributed by atoms with van der Waals surface area (Å²) in [6.07, 6.45) is -4.86. The lowest BCUT2D eigenvalue weighted by Crippen LogP contribution is -2.22. The fourth-order valence-electron chi connectivity index (χ4n) is 3.27. The average Bonchev–Trinajstić information content (AvgIpc) is 2.71. The van der Waals surface area contributed by atoms with Gasteiger partial charge in [-0.2, -0.15) is 23.1 Å². The first kappa shape index (κ1) is 20.3. The molecule has 0 amide bonds. The van der Waals surface area contributed by atoms with Crippen LogP contribution in [0.15, 0.2) is 59.4 Å². The van der Waals surface area contributed by atoms with E-state index >= 15 is 0 Å². The van der Waals surface area contributed by atoms with Gasteiger partial charge in [-0.15, -0.1) is 0 Å². The number of aryl methyl sites for hydroxylation is 1. The summed E-state index contributed by atoms with van der Waals surface area (Å²) in [5, 5.41) is 3.06. The van der Waals surface area contributed by atoms with Gasteiger partial charge in [-0.05, 0) is 30.3 Å². The molecule has 0 atom stereocenters. The van der Waals surface area contributed by atoms with Gasteiger partial charge < -0.3 is 11.1 Å². The van der Waals surface area contributed by atoms with Crippen molar-refractivity contribution in [3.05, 3.63) is 76.3 Å². The van der Waals surface area contributed by atoms with Crippen molar-refractivity contribution < 1.29 is 17.6 Å². The number of fused-ring (bicyclic) bond motifs is 1. The predicted octanol–water partition coefficient (Wildman–Crippen LogP) is 4.48. The van der Waals surface area contributed by atoms with Gasteiger partial charge in [0.05, 0.1) is 16.5 Å². The fraction of sp³-hybridized carbons (Fsp3) is 0.0952. The molecule has 4 rings (SSSR count). The number of rotatable bonds is 3. The van der Waals surface area contributed by atoms with Crippen molar-refractivity contribution in [2.45, 2.75) is 6.18 Å². The van der Waals surface area contributed by atoms with Gasteiger partial charge in [0.1, 0.15) is 17.3 Å². The second-order valence-electron chi connectivity index (χ2n) is 6.74. The molecule has 158 valence electrons. The minimum atomic E-state index is -4.86. The van der Waals surface area contributed by atoms with Crippen LogP contribution in [0.4, 0.5) is 35.0 Å². The SMILES string of the molecule is Cn1c(=O)c(-c2c(F)cccc2C(F)(F)F)cc2c(N)nc(Nc3ccccc3)nc21. The Bertz CT molecular complexity index is 1350. The van der Waals surface area contributed by atoms with Crippen LogP contribution in [-0.2, 0) is 13.2 Å². The van der Waals surface area contributed by atoms with Crippen LogP contribution in [0.2, 0.25) is 0 Å². The monoisotopic (exact) mass is 429 g/mol. The van der Waals surface area contributed by atoms with Crippen molar-refractivity contribution in [2.24, 2.45) is 7.05 Å². The highest BCUT2D eigenvalue weighted by Crippen LogP contribution is 2.38. The minimum Gasteiger partial charge on any atom is -0.383 e. The quantitative estimate of drug-likeness (QED) is 0.469. The van der Waals surface area contributed by atoms with E-state index in [4.69, 9.17) is 5.73 Å². The van der Waals surface area contributed by atoms with Gasteiger partial charge in [0.25, 0.3) is 5.56 Å². The summed E-state index contributed by atoms with van der Waals surface area (Å²) >= 11 is 0. The number of nitrogens with two attached hydrogens (primary N) is 1. The lowest BCUT2D eigenvalue weighted by Gasteiger charge is -2.16. The van der Waals surface area contributed by atoms with Gasteiger partial charge in [-0.25, -0.2) is 4.39 Å². The van der Waals surface area contributed by atoms with Gasteiger partial charge in [0.15, 0.2) is 0 Å². The molecule has 0 fully saturated rings. The van der Waals surface area contributed by atoms with E-state index in [-0.39, 0.29) is 22.8 Å². The lowest BCUT2D eigenvalue weighted by atomic mass is 9.98. The van der Waals surface area contributed by atoms with E-state index in [1.54, 1.807) is 24.3 Å². The highest BCUT2D eigenvalue weighted by atomic mass is 19.4. The normalized spacial score (nSPS) is 11.6. The Kier molecular flexibility index (Phi) is 4.84.